The van der Waals surface area contributed by atoms with Crippen LogP contribution in [0, 0.1) is 5.82 Å². The van der Waals surface area contributed by atoms with Crippen LogP contribution in [0.3, 0.4) is 0 Å². The Kier molecular flexibility index (Phi) is 6.76. The summed E-state index contributed by atoms with van der Waals surface area (Å²) >= 11 is 7.46. The Morgan fingerprint density at radius 2 is 1.97 bits per heavy atom. The van der Waals surface area contributed by atoms with E-state index >= 15 is 0 Å². The van der Waals surface area contributed by atoms with E-state index < -0.39 is 16.8 Å². The van der Waals surface area contributed by atoms with Crippen molar-refractivity contribution >= 4 is 28.9 Å². The molecule has 2 N–H and O–H groups in total. The largest absolute Gasteiger partial charge is 0.386 e. The number of carbonyl (C=O) groups is 1. The number of pyridine rings is 1. The Labute approximate surface area is 215 Å². The van der Waals surface area contributed by atoms with Gasteiger partial charge in [-0.1, -0.05) is 25.1 Å². The molecule has 3 heterocycles. The van der Waals surface area contributed by atoms with E-state index in [0.717, 1.165) is 44.0 Å². The Balaban J connectivity index is 1.65. The number of rotatable bonds is 5. The number of aromatic nitrogens is 1. The normalized spacial score (nSPS) is 24.8. The molecular formula is C27H31ClFN5O2. The molecule has 190 valence electrons. The van der Waals surface area contributed by atoms with Gasteiger partial charge in [0, 0.05) is 58.1 Å². The Bertz CT molecular complexity index is 1230. The summed E-state index contributed by atoms with van der Waals surface area (Å²) in [6, 6.07) is 7.91. The SMILES string of the molecule is CCc1ncc(C2(Cl)C(N3CCN(C)C3=O)=CC=C(c3cccc(F)c3)C2O)cc1N1CCNCC1. The Morgan fingerprint density at radius 3 is 2.64 bits per heavy atom. The van der Waals surface area contributed by atoms with Gasteiger partial charge in [0.25, 0.3) is 0 Å². The first-order valence-corrected chi connectivity index (χ1v) is 12.7. The second-order valence-electron chi connectivity index (χ2n) is 9.43. The van der Waals surface area contributed by atoms with Gasteiger partial charge in [-0.15, -0.1) is 11.6 Å². The molecule has 0 saturated carbocycles. The van der Waals surface area contributed by atoms with Gasteiger partial charge in [0.2, 0.25) is 0 Å². The summed E-state index contributed by atoms with van der Waals surface area (Å²) in [6.45, 7) is 6.48. The van der Waals surface area contributed by atoms with Crippen LogP contribution in [0.5, 0.6) is 0 Å². The van der Waals surface area contributed by atoms with Crippen LogP contribution >= 0.6 is 11.6 Å². The smallest absolute Gasteiger partial charge is 0.324 e. The molecule has 0 bridgehead atoms. The summed E-state index contributed by atoms with van der Waals surface area (Å²) in [5, 5.41) is 15.2. The first-order chi connectivity index (χ1) is 17.3. The van der Waals surface area contributed by atoms with Crippen molar-refractivity contribution in [1.82, 2.24) is 20.1 Å². The number of nitrogens with one attached hydrogen (secondary N) is 1. The molecule has 2 amide bonds. The fraction of sp³-hybridized carbons (Fsp3) is 0.407. The minimum absolute atomic E-state index is 0.179. The fourth-order valence-electron chi connectivity index (χ4n) is 5.25. The summed E-state index contributed by atoms with van der Waals surface area (Å²) in [4.78, 5) is 21.8. The van der Waals surface area contributed by atoms with Crippen LogP contribution in [-0.4, -0.2) is 78.3 Å². The minimum Gasteiger partial charge on any atom is -0.386 e. The van der Waals surface area contributed by atoms with Crippen molar-refractivity contribution in [3.05, 3.63) is 77.0 Å². The van der Waals surface area contributed by atoms with Crippen LogP contribution in [0.2, 0.25) is 0 Å². The van der Waals surface area contributed by atoms with Crippen LogP contribution in [0.25, 0.3) is 5.57 Å². The van der Waals surface area contributed by atoms with E-state index in [4.69, 9.17) is 16.6 Å². The van der Waals surface area contributed by atoms with Crippen LogP contribution in [0.1, 0.15) is 23.7 Å². The maximum absolute atomic E-state index is 14.1. The number of amides is 2. The van der Waals surface area contributed by atoms with Gasteiger partial charge in [-0.05, 0) is 41.8 Å². The molecule has 0 radical (unpaired) electrons. The summed E-state index contributed by atoms with van der Waals surface area (Å²) in [6.07, 6.45) is 4.71. The van der Waals surface area contributed by atoms with Gasteiger partial charge in [0.1, 0.15) is 16.8 Å². The summed E-state index contributed by atoms with van der Waals surface area (Å²) in [5.74, 6) is -0.401. The van der Waals surface area contributed by atoms with Gasteiger partial charge in [0.15, 0.2) is 0 Å². The lowest BCUT2D eigenvalue weighted by molar-refractivity contribution is 0.169. The van der Waals surface area contributed by atoms with Crippen molar-refractivity contribution in [2.24, 2.45) is 0 Å². The molecule has 2 aliphatic heterocycles. The highest BCUT2D eigenvalue weighted by Gasteiger charge is 2.50. The predicted octanol–water partition coefficient (Wildman–Crippen LogP) is 3.34. The number of aliphatic hydroxyl groups excluding tert-OH is 1. The molecule has 2 unspecified atom stereocenters. The number of allylic oxidation sites excluding steroid dienone is 2. The molecule has 7 nitrogen and oxygen atoms in total. The van der Waals surface area contributed by atoms with E-state index in [1.54, 1.807) is 47.3 Å². The molecule has 5 rings (SSSR count). The van der Waals surface area contributed by atoms with Gasteiger partial charge < -0.3 is 20.2 Å². The maximum Gasteiger partial charge on any atom is 0.324 e. The fourth-order valence-corrected chi connectivity index (χ4v) is 5.64. The third kappa shape index (κ3) is 4.17. The number of urea groups is 1. The number of benzene rings is 1. The number of alkyl halides is 1. The predicted molar refractivity (Wildman–Crippen MR) is 139 cm³/mol. The topological polar surface area (TPSA) is 71.9 Å². The summed E-state index contributed by atoms with van der Waals surface area (Å²) in [5.41, 5.74) is 4.04. The molecule has 1 aromatic carbocycles. The number of likely N-dealkylation sites (N-methyl/N-ethyl adjacent to an activating group) is 1. The van der Waals surface area contributed by atoms with Crippen LogP contribution in [-0.2, 0) is 11.3 Å². The van der Waals surface area contributed by atoms with Crippen molar-refractivity contribution in [1.29, 1.82) is 0 Å². The average Bonchev–Trinajstić information content (AvgIpc) is 3.23. The molecule has 36 heavy (non-hydrogen) atoms. The van der Waals surface area contributed by atoms with E-state index in [0.29, 0.717) is 35.5 Å². The van der Waals surface area contributed by atoms with Crippen molar-refractivity contribution in [2.75, 3.05) is 51.2 Å². The first kappa shape index (κ1) is 24.7. The second-order valence-corrected chi connectivity index (χ2v) is 10.0. The van der Waals surface area contributed by atoms with Gasteiger partial charge in [-0.25, -0.2) is 9.18 Å². The Hall–Kier alpha value is -2.94. The number of hydrogen-bond donors (Lipinski definition) is 2. The van der Waals surface area contributed by atoms with Gasteiger partial charge in [0.05, 0.1) is 17.1 Å². The average molecular weight is 512 g/mol. The van der Waals surface area contributed by atoms with Gasteiger partial charge in [-0.2, -0.15) is 0 Å². The van der Waals surface area contributed by atoms with Crippen molar-refractivity contribution in [3.63, 3.8) is 0 Å². The van der Waals surface area contributed by atoms with E-state index in [1.807, 2.05) is 6.07 Å². The lowest BCUT2D eigenvalue weighted by Crippen LogP contribution is -2.47. The quantitative estimate of drug-likeness (QED) is 0.602. The molecule has 2 fully saturated rings. The van der Waals surface area contributed by atoms with Crippen LogP contribution in [0.15, 0.2) is 54.4 Å². The zero-order chi connectivity index (χ0) is 25.4. The zero-order valence-electron chi connectivity index (χ0n) is 20.5. The van der Waals surface area contributed by atoms with Crippen LogP contribution in [0.4, 0.5) is 14.9 Å². The highest BCUT2D eigenvalue weighted by molar-refractivity contribution is 6.28. The third-order valence-corrected chi connectivity index (χ3v) is 7.91. The molecule has 9 heteroatoms. The molecular weight excluding hydrogens is 481 g/mol. The molecule has 2 saturated heterocycles. The van der Waals surface area contributed by atoms with E-state index in [1.165, 1.54) is 12.1 Å². The van der Waals surface area contributed by atoms with E-state index in [2.05, 4.69) is 17.1 Å². The molecule has 3 aliphatic rings. The highest BCUT2D eigenvalue weighted by atomic mass is 35.5. The molecule has 1 aliphatic carbocycles. The second kappa shape index (κ2) is 9.84. The van der Waals surface area contributed by atoms with Gasteiger partial charge >= 0.3 is 6.03 Å². The summed E-state index contributed by atoms with van der Waals surface area (Å²) < 4.78 is 14.1. The van der Waals surface area contributed by atoms with Crippen molar-refractivity contribution in [3.8, 4) is 0 Å². The number of aryl methyl sites for hydroxylation is 1. The zero-order valence-corrected chi connectivity index (χ0v) is 21.3. The third-order valence-electron chi connectivity index (χ3n) is 7.29. The number of piperazine rings is 1. The number of anilines is 1. The lowest BCUT2D eigenvalue weighted by Gasteiger charge is -2.42. The Morgan fingerprint density at radius 1 is 1.19 bits per heavy atom. The van der Waals surface area contributed by atoms with Crippen molar-refractivity contribution < 1.29 is 14.3 Å². The summed E-state index contributed by atoms with van der Waals surface area (Å²) in [7, 11) is 1.74. The van der Waals surface area contributed by atoms with E-state index in [9.17, 15) is 14.3 Å². The number of hydrogen-bond acceptors (Lipinski definition) is 5. The van der Waals surface area contributed by atoms with Gasteiger partial charge in [-0.3, -0.25) is 9.88 Å². The minimum atomic E-state index is -1.50. The van der Waals surface area contributed by atoms with Crippen molar-refractivity contribution in [2.45, 2.75) is 24.3 Å². The lowest BCUT2D eigenvalue weighted by atomic mass is 9.79. The molecule has 1 aromatic heterocycles. The molecule has 2 atom stereocenters. The number of nitrogens with zero attached hydrogens (tertiary/aromatic N) is 4. The number of halogens is 2. The molecule has 0 spiro atoms. The number of aliphatic hydroxyl groups is 1. The van der Waals surface area contributed by atoms with E-state index in [-0.39, 0.29) is 6.03 Å². The number of carbonyl (C=O) groups excluding carboxylic acids is 1. The highest BCUT2D eigenvalue weighted by Crippen LogP contribution is 2.49. The molecule has 2 aromatic rings. The maximum atomic E-state index is 14.1. The monoisotopic (exact) mass is 511 g/mol. The standard InChI is InChI=1S/C27H31ClFN5O2/c1-3-22-23(33-11-9-30-10-12-33)16-19(17-31-22)27(28)24(34-14-13-32(2)26(34)36)8-7-21(25(27)35)18-5-4-6-20(29)15-18/h4-8,15-17,25,30,35H,3,9-14H2,1-2H3. The van der Waals surface area contributed by atoms with Crippen LogP contribution < -0.4 is 10.2 Å². The first-order valence-electron chi connectivity index (χ1n) is 12.4.